The third kappa shape index (κ3) is 7.99. The third-order valence-corrected chi connectivity index (χ3v) is 5.47. The fraction of sp³-hybridized carbons (Fsp3) is 0.250. The van der Waals surface area contributed by atoms with E-state index >= 15 is 0 Å². The van der Waals surface area contributed by atoms with E-state index in [9.17, 15) is 14.4 Å². The maximum Gasteiger partial charge on any atom is 0.258 e. The first-order valence-corrected chi connectivity index (χ1v) is 11.8. The molecule has 0 bridgehead atoms. The molecule has 0 saturated carbocycles. The topological polar surface area (TPSA) is 90.5 Å². The minimum atomic E-state index is -0.222. The highest BCUT2D eigenvalue weighted by molar-refractivity contribution is 6.06. The van der Waals surface area contributed by atoms with Gasteiger partial charge in [-0.3, -0.25) is 14.4 Å². The van der Waals surface area contributed by atoms with Gasteiger partial charge in [0.05, 0.1) is 6.54 Å². The molecule has 0 saturated heterocycles. The fourth-order valence-corrected chi connectivity index (χ4v) is 3.51. The Bertz CT molecular complexity index is 1130. The van der Waals surface area contributed by atoms with Gasteiger partial charge >= 0.3 is 0 Å². The van der Waals surface area contributed by atoms with Crippen LogP contribution in [0, 0.1) is 0 Å². The molecule has 182 valence electrons. The lowest BCUT2D eigenvalue weighted by molar-refractivity contribution is -0.116. The van der Waals surface area contributed by atoms with E-state index in [4.69, 9.17) is 0 Å². The summed E-state index contributed by atoms with van der Waals surface area (Å²) >= 11 is 0. The van der Waals surface area contributed by atoms with Gasteiger partial charge in [-0.2, -0.15) is 0 Å². The van der Waals surface area contributed by atoms with Gasteiger partial charge in [0.15, 0.2) is 0 Å². The molecule has 3 amide bonds. The summed E-state index contributed by atoms with van der Waals surface area (Å²) in [5, 5.41) is 8.76. The highest BCUT2D eigenvalue weighted by Crippen LogP contribution is 2.18. The zero-order valence-corrected chi connectivity index (χ0v) is 20.2. The first-order chi connectivity index (χ1) is 17.0. The van der Waals surface area contributed by atoms with Crippen LogP contribution >= 0.6 is 0 Å². The second kappa shape index (κ2) is 12.9. The monoisotopic (exact) mass is 472 g/mol. The third-order valence-electron chi connectivity index (χ3n) is 5.47. The van der Waals surface area contributed by atoms with Crippen molar-refractivity contribution in [3.8, 4) is 0 Å². The van der Waals surface area contributed by atoms with Gasteiger partial charge in [0, 0.05) is 41.8 Å². The molecule has 3 aromatic carbocycles. The van der Waals surface area contributed by atoms with Gasteiger partial charge in [-0.15, -0.1) is 0 Å². The number of benzene rings is 3. The molecule has 0 heterocycles. The molecule has 3 rings (SSSR count). The van der Waals surface area contributed by atoms with Gasteiger partial charge in [0.2, 0.25) is 11.8 Å². The molecule has 0 aromatic heterocycles. The Hall–Kier alpha value is -4.13. The van der Waals surface area contributed by atoms with Gasteiger partial charge in [0.1, 0.15) is 0 Å². The highest BCUT2D eigenvalue weighted by atomic mass is 16.2. The van der Waals surface area contributed by atoms with Crippen molar-refractivity contribution in [1.29, 1.82) is 0 Å². The predicted molar refractivity (Wildman–Crippen MR) is 142 cm³/mol. The SMILES string of the molecule is CCCCCC(=O)Nc1cccc(NC(=O)CNc2ccc(C(=O)N(C)c3ccccc3)cc2)c1. The Labute approximate surface area is 206 Å². The molecule has 3 N–H and O–H groups in total. The Kier molecular flexibility index (Phi) is 9.42. The summed E-state index contributed by atoms with van der Waals surface area (Å²) in [6.45, 7) is 2.16. The minimum absolute atomic E-state index is 0.0273. The normalized spacial score (nSPS) is 10.3. The molecule has 0 atom stereocenters. The molecule has 3 aromatic rings. The van der Waals surface area contributed by atoms with Gasteiger partial charge in [-0.1, -0.05) is 44.0 Å². The number of carbonyl (C=O) groups is 3. The van der Waals surface area contributed by atoms with E-state index in [1.165, 1.54) is 0 Å². The number of amides is 3. The fourth-order valence-electron chi connectivity index (χ4n) is 3.51. The molecular weight excluding hydrogens is 440 g/mol. The van der Waals surface area contributed by atoms with Crippen molar-refractivity contribution in [2.75, 3.05) is 34.4 Å². The largest absolute Gasteiger partial charge is 0.376 e. The lowest BCUT2D eigenvalue weighted by Gasteiger charge is -2.17. The minimum Gasteiger partial charge on any atom is -0.376 e. The van der Waals surface area contributed by atoms with E-state index in [1.54, 1.807) is 60.5 Å². The van der Waals surface area contributed by atoms with E-state index in [1.807, 2.05) is 30.3 Å². The van der Waals surface area contributed by atoms with Crippen molar-refractivity contribution in [2.45, 2.75) is 32.6 Å². The van der Waals surface area contributed by atoms with Crippen LogP contribution in [0.15, 0.2) is 78.9 Å². The molecule has 0 aliphatic rings. The second-order valence-electron chi connectivity index (χ2n) is 8.26. The average Bonchev–Trinajstić information content (AvgIpc) is 2.88. The molecule has 0 unspecified atom stereocenters. The predicted octanol–water partition coefficient (Wildman–Crippen LogP) is 5.53. The van der Waals surface area contributed by atoms with Gasteiger partial charge < -0.3 is 20.9 Å². The number of nitrogens with one attached hydrogen (secondary N) is 3. The molecule has 0 fully saturated rings. The van der Waals surface area contributed by atoms with E-state index < -0.39 is 0 Å². The summed E-state index contributed by atoms with van der Waals surface area (Å²) in [5.74, 6) is -0.362. The van der Waals surface area contributed by atoms with Crippen LogP contribution in [0.3, 0.4) is 0 Å². The van der Waals surface area contributed by atoms with Crippen LogP contribution in [-0.4, -0.2) is 31.3 Å². The van der Waals surface area contributed by atoms with Gasteiger partial charge in [-0.05, 0) is 61.0 Å². The van der Waals surface area contributed by atoms with Gasteiger partial charge in [-0.25, -0.2) is 0 Å². The van der Waals surface area contributed by atoms with E-state index in [2.05, 4.69) is 22.9 Å². The molecule has 0 spiro atoms. The van der Waals surface area contributed by atoms with Crippen molar-refractivity contribution in [3.05, 3.63) is 84.4 Å². The summed E-state index contributed by atoms with van der Waals surface area (Å²) in [7, 11) is 1.74. The van der Waals surface area contributed by atoms with Crippen molar-refractivity contribution >= 4 is 40.5 Å². The van der Waals surface area contributed by atoms with E-state index in [-0.39, 0.29) is 24.3 Å². The van der Waals surface area contributed by atoms with Crippen LogP contribution in [0.1, 0.15) is 43.0 Å². The number of para-hydroxylation sites is 1. The molecule has 7 heteroatoms. The molecule has 0 radical (unpaired) electrons. The lowest BCUT2D eigenvalue weighted by atomic mass is 10.1. The number of hydrogen-bond acceptors (Lipinski definition) is 4. The standard InChI is InChI=1S/C28H32N4O3/c1-3-4-6-14-26(33)30-23-10-9-11-24(19-23)31-27(34)20-29-22-17-15-21(16-18-22)28(35)32(2)25-12-7-5-8-13-25/h5,7-13,15-19,29H,3-4,6,14,20H2,1-2H3,(H,30,33)(H,31,34). The van der Waals surface area contributed by atoms with Crippen LogP contribution in [0.2, 0.25) is 0 Å². The smallest absolute Gasteiger partial charge is 0.258 e. The lowest BCUT2D eigenvalue weighted by Crippen LogP contribution is -2.26. The molecule has 35 heavy (non-hydrogen) atoms. The zero-order valence-electron chi connectivity index (χ0n) is 20.2. The van der Waals surface area contributed by atoms with Crippen molar-refractivity contribution in [3.63, 3.8) is 0 Å². The van der Waals surface area contributed by atoms with Crippen molar-refractivity contribution in [2.24, 2.45) is 0 Å². The average molecular weight is 473 g/mol. The number of carbonyl (C=O) groups excluding carboxylic acids is 3. The summed E-state index contributed by atoms with van der Waals surface area (Å²) in [4.78, 5) is 38.7. The summed E-state index contributed by atoms with van der Waals surface area (Å²) < 4.78 is 0. The van der Waals surface area contributed by atoms with Crippen LogP contribution in [0.5, 0.6) is 0 Å². The quantitative estimate of drug-likeness (QED) is 0.320. The van der Waals surface area contributed by atoms with Crippen LogP contribution in [-0.2, 0) is 9.59 Å². The van der Waals surface area contributed by atoms with Crippen LogP contribution < -0.4 is 20.9 Å². The molecular formula is C28H32N4O3. The highest BCUT2D eigenvalue weighted by Gasteiger charge is 2.13. The second-order valence-corrected chi connectivity index (χ2v) is 8.26. The number of rotatable bonds is 11. The summed E-state index contributed by atoms with van der Waals surface area (Å²) in [5.41, 5.74) is 3.36. The van der Waals surface area contributed by atoms with E-state index in [0.717, 1.165) is 30.6 Å². The molecule has 0 aliphatic heterocycles. The van der Waals surface area contributed by atoms with Gasteiger partial charge in [0.25, 0.3) is 5.91 Å². The summed E-state index contributed by atoms with van der Waals surface area (Å²) in [6, 6.07) is 23.5. The Balaban J connectivity index is 1.48. The number of anilines is 4. The first kappa shape index (κ1) is 25.5. The van der Waals surface area contributed by atoms with Crippen LogP contribution in [0.25, 0.3) is 0 Å². The molecule has 7 nitrogen and oxygen atoms in total. The van der Waals surface area contributed by atoms with Crippen LogP contribution in [0.4, 0.5) is 22.7 Å². The Morgan fingerprint density at radius 1 is 0.743 bits per heavy atom. The first-order valence-electron chi connectivity index (χ1n) is 11.8. The van der Waals surface area contributed by atoms with Crippen molar-refractivity contribution < 1.29 is 14.4 Å². The van der Waals surface area contributed by atoms with E-state index in [0.29, 0.717) is 23.4 Å². The Morgan fingerprint density at radius 2 is 1.40 bits per heavy atom. The zero-order chi connectivity index (χ0) is 25.0. The summed E-state index contributed by atoms with van der Waals surface area (Å²) in [6.07, 6.45) is 3.45. The maximum absolute atomic E-state index is 12.7. The molecule has 0 aliphatic carbocycles. The number of unbranched alkanes of at least 4 members (excludes halogenated alkanes) is 2. The Morgan fingerprint density at radius 3 is 2.06 bits per heavy atom. The van der Waals surface area contributed by atoms with Crippen molar-refractivity contribution in [1.82, 2.24) is 0 Å². The number of hydrogen-bond donors (Lipinski definition) is 3. The number of nitrogens with zero attached hydrogens (tertiary/aromatic N) is 1. The maximum atomic E-state index is 12.7.